The highest BCUT2D eigenvalue weighted by Gasteiger charge is 2.28. The van der Waals surface area contributed by atoms with E-state index in [1.807, 2.05) is 0 Å². The molecule has 1 aromatic carbocycles. The first kappa shape index (κ1) is 16.2. The molecule has 0 spiro atoms. The number of halogens is 1. The number of benzene rings is 1. The minimum atomic E-state index is -0.323. The van der Waals surface area contributed by atoms with Gasteiger partial charge in [0, 0.05) is 29.8 Å². The Kier molecular flexibility index (Phi) is 5.59. The molecule has 0 radical (unpaired) electrons. The van der Waals surface area contributed by atoms with E-state index >= 15 is 0 Å². The number of nitrogens with zero attached hydrogens (tertiary/aromatic N) is 1. The van der Waals surface area contributed by atoms with Crippen LogP contribution < -0.4 is 5.73 Å². The zero-order chi connectivity index (χ0) is 15.4. The maximum absolute atomic E-state index is 14.1. The minimum absolute atomic E-state index is 0.0184. The Bertz CT molecular complexity index is 458. The van der Waals surface area contributed by atoms with E-state index in [9.17, 15) is 9.50 Å². The molecular weight excluding hydrogens is 267 g/mol. The molecule has 0 bridgehead atoms. The van der Waals surface area contributed by atoms with Crippen molar-refractivity contribution in [1.29, 1.82) is 0 Å². The van der Waals surface area contributed by atoms with Gasteiger partial charge in [-0.05, 0) is 51.6 Å². The van der Waals surface area contributed by atoms with E-state index in [1.165, 1.54) is 6.07 Å². The lowest BCUT2D eigenvalue weighted by Crippen LogP contribution is -2.42. The Morgan fingerprint density at radius 3 is 2.57 bits per heavy atom. The molecule has 1 aliphatic carbocycles. The average Bonchev–Trinajstić information content (AvgIpc) is 2.45. The fourth-order valence-corrected chi connectivity index (χ4v) is 3.42. The Morgan fingerprint density at radius 2 is 2.00 bits per heavy atom. The number of hydrogen-bond acceptors (Lipinski definition) is 3. The van der Waals surface area contributed by atoms with Crippen molar-refractivity contribution in [3.63, 3.8) is 0 Å². The van der Waals surface area contributed by atoms with Crippen LogP contribution in [0.1, 0.15) is 57.6 Å². The SMILES string of the molecule is CCCN(C1CCC(N)CC1)C(C)c1ccc(O)cc1F. The summed E-state index contributed by atoms with van der Waals surface area (Å²) in [6.07, 6.45) is 5.33. The molecule has 1 fully saturated rings. The van der Waals surface area contributed by atoms with Crippen LogP contribution in [0.2, 0.25) is 0 Å². The third kappa shape index (κ3) is 3.95. The number of nitrogens with two attached hydrogens (primary N) is 1. The molecule has 0 saturated heterocycles. The van der Waals surface area contributed by atoms with Crippen LogP contribution in [0.5, 0.6) is 5.75 Å². The molecule has 21 heavy (non-hydrogen) atoms. The van der Waals surface area contributed by atoms with Crippen molar-refractivity contribution in [2.24, 2.45) is 5.73 Å². The maximum Gasteiger partial charge on any atom is 0.131 e. The number of phenolic OH excluding ortho intramolecular Hbond substituents is 1. The summed E-state index contributed by atoms with van der Waals surface area (Å²) in [5, 5.41) is 9.37. The summed E-state index contributed by atoms with van der Waals surface area (Å²) in [7, 11) is 0. The monoisotopic (exact) mass is 294 g/mol. The second-order valence-electron chi connectivity index (χ2n) is 6.19. The van der Waals surface area contributed by atoms with Gasteiger partial charge in [-0.1, -0.05) is 13.0 Å². The molecule has 118 valence electrons. The zero-order valence-electron chi connectivity index (χ0n) is 13.1. The molecule has 1 aliphatic rings. The molecule has 3 nitrogen and oxygen atoms in total. The van der Waals surface area contributed by atoms with Crippen LogP contribution in [0.4, 0.5) is 4.39 Å². The van der Waals surface area contributed by atoms with Gasteiger partial charge in [-0.2, -0.15) is 0 Å². The van der Waals surface area contributed by atoms with Gasteiger partial charge in [0.1, 0.15) is 11.6 Å². The van der Waals surface area contributed by atoms with Crippen LogP contribution in [-0.2, 0) is 0 Å². The second-order valence-corrected chi connectivity index (χ2v) is 6.19. The molecule has 1 unspecified atom stereocenters. The first-order chi connectivity index (χ1) is 10.0. The molecule has 1 saturated carbocycles. The van der Waals surface area contributed by atoms with E-state index in [0.717, 1.165) is 38.6 Å². The van der Waals surface area contributed by atoms with Crippen molar-refractivity contribution in [2.75, 3.05) is 6.54 Å². The topological polar surface area (TPSA) is 49.5 Å². The smallest absolute Gasteiger partial charge is 0.131 e. The third-order valence-corrected chi connectivity index (χ3v) is 4.62. The fraction of sp³-hybridized carbons (Fsp3) is 0.647. The molecule has 2 rings (SSSR count). The van der Waals surface area contributed by atoms with Crippen LogP contribution in [0.25, 0.3) is 0 Å². The quantitative estimate of drug-likeness (QED) is 0.872. The number of hydrogen-bond donors (Lipinski definition) is 2. The normalized spacial score (nSPS) is 24.2. The summed E-state index contributed by atoms with van der Waals surface area (Å²) in [4.78, 5) is 2.40. The molecular formula is C17H27FN2O. The van der Waals surface area contributed by atoms with Gasteiger partial charge in [0.15, 0.2) is 0 Å². The Hall–Kier alpha value is -1.13. The van der Waals surface area contributed by atoms with E-state index in [4.69, 9.17) is 5.73 Å². The first-order valence-electron chi connectivity index (χ1n) is 8.02. The largest absolute Gasteiger partial charge is 0.508 e. The van der Waals surface area contributed by atoms with Gasteiger partial charge in [-0.3, -0.25) is 4.90 Å². The summed E-state index contributed by atoms with van der Waals surface area (Å²) < 4.78 is 14.1. The average molecular weight is 294 g/mol. The van der Waals surface area contributed by atoms with E-state index in [2.05, 4.69) is 18.7 Å². The van der Waals surface area contributed by atoms with Crippen molar-refractivity contribution < 1.29 is 9.50 Å². The maximum atomic E-state index is 14.1. The zero-order valence-corrected chi connectivity index (χ0v) is 13.1. The molecule has 1 atom stereocenters. The number of aromatic hydroxyl groups is 1. The standard InChI is InChI=1S/C17H27FN2O/c1-3-10-20(14-6-4-13(19)5-7-14)12(2)16-9-8-15(21)11-17(16)18/h8-9,11-14,21H,3-7,10,19H2,1-2H3. The highest BCUT2D eigenvalue weighted by Crippen LogP contribution is 2.32. The van der Waals surface area contributed by atoms with Crippen molar-refractivity contribution >= 4 is 0 Å². The number of rotatable bonds is 5. The lowest BCUT2D eigenvalue weighted by molar-refractivity contribution is 0.105. The lowest BCUT2D eigenvalue weighted by Gasteiger charge is -2.40. The van der Waals surface area contributed by atoms with Gasteiger partial charge in [-0.15, -0.1) is 0 Å². The van der Waals surface area contributed by atoms with E-state index in [0.29, 0.717) is 17.6 Å². The van der Waals surface area contributed by atoms with Crippen molar-refractivity contribution in [3.05, 3.63) is 29.6 Å². The molecule has 4 heteroatoms. The molecule has 0 amide bonds. The lowest BCUT2D eigenvalue weighted by atomic mass is 9.89. The van der Waals surface area contributed by atoms with E-state index < -0.39 is 0 Å². The Morgan fingerprint density at radius 1 is 1.33 bits per heavy atom. The fourth-order valence-electron chi connectivity index (χ4n) is 3.42. The minimum Gasteiger partial charge on any atom is -0.508 e. The Balaban J connectivity index is 2.16. The summed E-state index contributed by atoms with van der Waals surface area (Å²) in [5.74, 6) is -0.342. The number of phenols is 1. The van der Waals surface area contributed by atoms with Crippen molar-refractivity contribution in [3.8, 4) is 5.75 Å². The summed E-state index contributed by atoms with van der Waals surface area (Å²) in [6, 6.07) is 5.29. The Labute approximate surface area is 126 Å². The summed E-state index contributed by atoms with van der Waals surface area (Å²) in [5.41, 5.74) is 6.66. The molecule has 3 N–H and O–H groups in total. The highest BCUT2D eigenvalue weighted by molar-refractivity contribution is 5.29. The molecule has 0 aliphatic heterocycles. The van der Waals surface area contributed by atoms with Crippen LogP contribution in [0.15, 0.2) is 18.2 Å². The van der Waals surface area contributed by atoms with Gasteiger partial charge in [0.2, 0.25) is 0 Å². The molecule has 0 heterocycles. The van der Waals surface area contributed by atoms with Crippen LogP contribution in [0, 0.1) is 5.82 Å². The van der Waals surface area contributed by atoms with Gasteiger partial charge < -0.3 is 10.8 Å². The summed E-state index contributed by atoms with van der Waals surface area (Å²) >= 11 is 0. The first-order valence-corrected chi connectivity index (χ1v) is 8.02. The third-order valence-electron chi connectivity index (χ3n) is 4.62. The van der Waals surface area contributed by atoms with Crippen LogP contribution in [-0.4, -0.2) is 28.6 Å². The predicted molar refractivity (Wildman–Crippen MR) is 83.7 cm³/mol. The van der Waals surface area contributed by atoms with Gasteiger partial charge >= 0.3 is 0 Å². The van der Waals surface area contributed by atoms with E-state index in [-0.39, 0.29) is 17.6 Å². The van der Waals surface area contributed by atoms with Gasteiger partial charge in [0.05, 0.1) is 0 Å². The van der Waals surface area contributed by atoms with Crippen molar-refractivity contribution in [1.82, 2.24) is 4.90 Å². The van der Waals surface area contributed by atoms with Gasteiger partial charge in [-0.25, -0.2) is 4.39 Å². The summed E-state index contributed by atoms with van der Waals surface area (Å²) in [6.45, 7) is 5.17. The molecule has 0 aromatic heterocycles. The van der Waals surface area contributed by atoms with Gasteiger partial charge in [0.25, 0.3) is 0 Å². The van der Waals surface area contributed by atoms with E-state index in [1.54, 1.807) is 12.1 Å². The predicted octanol–water partition coefficient (Wildman–Crippen LogP) is 3.57. The molecule has 1 aromatic rings. The van der Waals surface area contributed by atoms with Crippen molar-refractivity contribution in [2.45, 2.75) is 64.1 Å². The van der Waals surface area contributed by atoms with Crippen LogP contribution >= 0.6 is 0 Å². The second kappa shape index (κ2) is 7.23. The van der Waals surface area contributed by atoms with Crippen LogP contribution in [0.3, 0.4) is 0 Å². The highest BCUT2D eigenvalue weighted by atomic mass is 19.1.